The average molecular weight is 360 g/mol. The molecule has 0 spiro atoms. The van der Waals surface area contributed by atoms with Gasteiger partial charge in [0.05, 0.1) is 18.7 Å². The molecule has 25 heavy (non-hydrogen) atoms. The van der Waals surface area contributed by atoms with E-state index < -0.39 is 0 Å². The Bertz CT molecular complexity index is 830. The molecule has 3 aromatic rings. The Hall–Kier alpha value is -2.30. The van der Waals surface area contributed by atoms with E-state index >= 15 is 0 Å². The fourth-order valence-electron chi connectivity index (χ4n) is 2.54. The van der Waals surface area contributed by atoms with E-state index in [-0.39, 0.29) is 5.82 Å². The summed E-state index contributed by atoms with van der Waals surface area (Å²) in [6.45, 7) is 1.42. The largest absolute Gasteiger partial charge is 0.495 e. The highest BCUT2D eigenvalue weighted by Gasteiger charge is 2.08. The van der Waals surface area contributed by atoms with Crippen LogP contribution >= 0.6 is 11.6 Å². The Kier molecular flexibility index (Phi) is 5.74. The Labute approximate surface area is 151 Å². The standard InChI is InChI=1S/C20H19ClFNO2/c1-24-20-8-4-15(12-18(20)21)19-9-7-17(25-19)13-23-11-10-14-2-5-16(22)6-3-14/h2-9,12,23H,10-11,13H2,1H3. The van der Waals surface area contributed by atoms with Crippen LogP contribution in [-0.4, -0.2) is 13.7 Å². The monoisotopic (exact) mass is 359 g/mol. The highest BCUT2D eigenvalue weighted by molar-refractivity contribution is 6.32. The van der Waals surface area contributed by atoms with E-state index in [0.717, 1.165) is 35.6 Å². The van der Waals surface area contributed by atoms with Crippen LogP contribution in [0.3, 0.4) is 0 Å². The lowest BCUT2D eigenvalue weighted by Gasteiger charge is -2.05. The minimum absolute atomic E-state index is 0.210. The predicted molar refractivity (Wildman–Crippen MR) is 97.5 cm³/mol. The van der Waals surface area contributed by atoms with Crippen molar-refractivity contribution in [3.05, 3.63) is 76.8 Å². The number of hydrogen-bond acceptors (Lipinski definition) is 3. The van der Waals surface area contributed by atoms with Gasteiger partial charge in [-0.25, -0.2) is 4.39 Å². The van der Waals surface area contributed by atoms with Gasteiger partial charge in [-0.15, -0.1) is 0 Å². The molecular weight excluding hydrogens is 341 g/mol. The summed E-state index contributed by atoms with van der Waals surface area (Å²) in [5, 5.41) is 3.88. The molecule has 0 amide bonds. The Morgan fingerprint density at radius 1 is 1.08 bits per heavy atom. The molecule has 3 rings (SSSR count). The molecule has 2 aromatic carbocycles. The van der Waals surface area contributed by atoms with Crippen LogP contribution < -0.4 is 10.1 Å². The molecule has 1 N–H and O–H groups in total. The quantitative estimate of drug-likeness (QED) is 0.597. The molecule has 0 aliphatic carbocycles. The number of methoxy groups -OCH3 is 1. The van der Waals surface area contributed by atoms with Crippen molar-refractivity contribution in [3.63, 3.8) is 0 Å². The van der Waals surface area contributed by atoms with E-state index in [2.05, 4.69) is 5.32 Å². The van der Waals surface area contributed by atoms with E-state index in [1.54, 1.807) is 19.2 Å². The summed E-state index contributed by atoms with van der Waals surface area (Å²) in [4.78, 5) is 0. The lowest BCUT2D eigenvalue weighted by Crippen LogP contribution is -2.16. The number of benzene rings is 2. The highest BCUT2D eigenvalue weighted by atomic mass is 35.5. The number of furan rings is 1. The molecule has 0 saturated heterocycles. The van der Waals surface area contributed by atoms with Gasteiger partial charge in [0.2, 0.25) is 0 Å². The van der Waals surface area contributed by atoms with E-state index in [0.29, 0.717) is 17.3 Å². The maximum absolute atomic E-state index is 12.9. The van der Waals surface area contributed by atoms with Crippen molar-refractivity contribution in [2.24, 2.45) is 0 Å². The number of ether oxygens (including phenoxy) is 1. The summed E-state index contributed by atoms with van der Waals surface area (Å²) in [5.74, 6) is 2.04. The zero-order valence-corrected chi connectivity index (χ0v) is 14.6. The fourth-order valence-corrected chi connectivity index (χ4v) is 2.80. The van der Waals surface area contributed by atoms with E-state index in [4.69, 9.17) is 20.8 Å². The number of halogens is 2. The minimum Gasteiger partial charge on any atom is -0.495 e. The first-order valence-electron chi connectivity index (χ1n) is 8.03. The second-order valence-electron chi connectivity index (χ2n) is 5.67. The summed E-state index contributed by atoms with van der Waals surface area (Å²) < 4.78 is 23.9. The maximum atomic E-state index is 12.9. The molecule has 0 aliphatic rings. The van der Waals surface area contributed by atoms with E-state index in [9.17, 15) is 4.39 Å². The van der Waals surface area contributed by atoms with Gasteiger partial charge in [0.25, 0.3) is 0 Å². The molecule has 0 atom stereocenters. The fraction of sp³-hybridized carbons (Fsp3) is 0.200. The van der Waals surface area contributed by atoms with Gasteiger partial charge in [0, 0.05) is 5.56 Å². The van der Waals surface area contributed by atoms with Crippen molar-refractivity contribution in [1.82, 2.24) is 5.32 Å². The molecule has 0 saturated carbocycles. The minimum atomic E-state index is -0.210. The lowest BCUT2D eigenvalue weighted by molar-refractivity contribution is 0.415. The Morgan fingerprint density at radius 2 is 1.88 bits per heavy atom. The first-order valence-corrected chi connectivity index (χ1v) is 8.41. The van der Waals surface area contributed by atoms with E-state index in [1.165, 1.54) is 12.1 Å². The second kappa shape index (κ2) is 8.19. The van der Waals surface area contributed by atoms with Crippen LogP contribution in [0.25, 0.3) is 11.3 Å². The van der Waals surface area contributed by atoms with Gasteiger partial charge in [0.15, 0.2) is 0 Å². The molecule has 3 nitrogen and oxygen atoms in total. The lowest BCUT2D eigenvalue weighted by atomic mass is 10.1. The third-order valence-electron chi connectivity index (χ3n) is 3.90. The van der Waals surface area contributed by atoms with Crippen LogP contribution in [0.1, 0.15) is 11.3 Å². The molecule has 0 bridgehead atoms. The van der Waals surface area contributed by atoms with Gasteiger partial charge < -0.3 is 14.5 Å². The van der Waals surface area contributed by atoms with Crippen LogP contribution in [0.15, 0.2) is 59.0 Å². The highest BCUT2D eigenvalue weighted by Crippen LogP contribution is 2.31. The number of nitrogens with one attached hydrogen (secondary N) is 1. The van der Waals surface area contributed by atoms with Crippen molar-refractivity contribution in [2.75, 3.05) is 13.7 Å². The Balaban J connectivity index is 1.53. The van der Waals surface area contributed by atoms with Crippen molar-refractivity contribution in [2.45, 2.75) is 13.0 Å². The van der Waals surface area contributed by atoms with Gasteiger partial charge in [-0.05, 0) is 61.0 Å². The summed E-state index contributed by atoms with van der Waals surface area (Å²) in [7, 11) is 1.59. The van der Waals surface area contributed by atoms with Crippen LogP contribution in [-0.2, 0) is 13.0 Å². The molecule has 0 unspecified atom stereocenters. The summed E-state index contributed by atoms with van der Waals surface area (Å²) in [6.07, 6.45) is 0.835. The summed E-state index contributed by atoms with van der Waals surface area (Å²) in [6, 6.07) is 16.0. The smallest absolute Gasteiger partial charge is 0.137 e. The van der Waals surface area contributed by atoms with Gasteiger partial charge in [-0.3, -0.25) is 0 Å². The normalized spacial score (nSPS) is 10.8. The zero-order chi connectivity index (χ0) is 17.6. The summed E-state index contributed by atoms with van der Waals surface area (Å²) >= 11 is 6.15. The van der Waals surface area contributed by atoms with E-state index in [1.807, 2.05) is 30.3 Å². The van der Waals surface area contributed by atoms with Gasteiger partial charge in [-0.2, -0.15) is 0 Å². The second-order valence-corrected chi connectivity index (χ2v) is 6.08. The number of hydrogen-bond donors (Lipinski definition) is 1. The van der Waals surface area contributed by atoms with Crippen LogP contribution in [0.4, 0.5) is 4.39 Å². The molecule has 5 heteroatoms. The third kappa shape index (κ3) is 4.62. The van der Waals surface area contributed by atoms with Crippen molar-refractivity contribution >= 4 is 11.6 Å². The topological polar surface area (TPSA) is 34.4 Å². The van der Waals surface area contributed by atoms with Gasteiger partial charge in [-0.1, -0.05) is 23.7 Å². The third-order valence-corrected chi connectivity index (χ3v) is 4.20. The SMILES string of the molecule is COc1ccc(-c2ccc(CNCCc3ccc(F)cc3)o2)cc1Cl. The van der Waals surface area contributed by atoms with Gasteiger partial charge in [0.1, 0.15) is 23.1 Å². The Morgan fingerprint density at radius 3 is 2.60 bits per heavy atom. The first kappa shape index (κ1) is 17.5. The van der Waals surface area contributed by atoms with Gasteiger partial charge >= 0.3 is 0 Å². The van der Waals surface area contributed by atoms with Crippen LogP contribution in [0, 0.1) is 5.82 Å². The molecule has 0 aliphatic heterocycles. The molecular formula is C20H19ClFNO2. The van der Waals surface area contributed by atoms with Crippen molar-refractivity contribution in [1.29, 1.82) is 0 Å². The van der Waals surface area contributed by atoms with Crippen molar-refractivity contribution in [3.8, 4) is 17.1 Å². The number of rotatable bonds is 7. The molecule has 0 radical (unpaired) electrons. The molecule has 130 valence electrons. The van der Waals surface area contributed by atoms with Crippen LogP contribution in [0.5, 0.6) is 5.75 Å². The summed E-state index contributed by atoms with van der Waals surface area (Å²) in [5.41, 5.74) is 2.00. The molecule has 1 heterocycles. The maximum Gasteiger partial charge on any atom is 0.137 e. The van der Waals surface area contributed by atoms with Crippen molar-refractivity contribution < 1.29 is 13.5 Å². The average Bonchev–Trinajstić information content (AvgIpc) is 3.09. The first-order chi connectivity index (χ1) is 12.2. The predicted octanol–water partition coefficient (Wildman–Crippen LogP) is 5.08. The molecule has 0 fully saturated rings. The molecule has 1 aromatic heterocycles. The van der Waals surface area contributed by atoms with Crippen LogP contribution in [0.2, 0.25) is 5.02 Å². The zero-order valence-electron chi connectivity index (χ0n) is 13.9.